The fraction of sp³-hybridized carbons (Fsp3) is 0.615. The fourth-order valence-electron chi connectivity index (χ4n) is 1.94. The summed E-state index contributed by atoms with van der Waals surface area (Å²) in [6.07, 6.45) is 4.56. The first-order valence-electron chi connectivity index (χ1n) is 6.67. The molecule has 1 amide bonds. The van der Waals surface area contributed by atoms with Gasteiger partial charge in [-0.3, -0.25) is 4.79 Å². The lowest BCUT2D eigenvalue weighted by molar-refractivity contribution is -0.119. The number of hydrogen-bond donors (Lipinski definition) is 1. The van der Waals surface area contributed by atoms with Crippen LogP contribution in [0.5, 0.6) is 0 Å². The summed E-state index contributed by atoms with van der Waals surface area (Å²) in [5.74, 6) is 2.26. The van der Waals surface area contributed by atoms with Crippen molar-refractivity contribution in [1.29, 1.82) is 0 Å². The van der Waals surface area contributed by atoms with Gasteiger partial charge in [0.2, 0.25) is 5.91 Å². The molecular weight excluding hydrogens is 308 g/mol. The minimum absolute atomic E-state index is 0.0627. The Morgan fingerprint density at radius 2 is 2.16 bits per heavy atom. The minimum atomic E-state index is 0.0627. The number of likely N-dealkylation sites (N-methyl/N-ethyl adjacent to an activating group) is 1. The molecular formula is C13H17BrN4O. The zero-order chi connectivity index (χ0) is 13.4. The molecule has 0 atom stereocenters. The Morgan fingerprint density at radius 3 is 2.79 bits per heavy atom. The Hall–Kier alpha value is -1.17. The zero-order valence-electron chi connectivity index (χ0n) is 10.9. The molecule has 0 spiro atoms. The Balaban J connectivity index is 1.67. The van der Waals surface area contributed by atoms with Gasteiger partial charge in [-0.1, -0.05) is 0 Å². The van der Waals surface area contributed by atoms with Gasteiger partial charge in [-0.05, 0) is 41.6 Å². The molecule has 102 valence electrons. The van der Waals surface area contributed by atoms with Crippen LogP contribution in [-0.2, 0) is 4.79 Å². The highest BCUT2D eigenvalue weighted by molar-refractivity contribution is 9.10. The van der Waals surface area contributed by atoms with Gasteiger partial charge in [-0.25, -0.2) is 9.97 Å². The zero-order valence-corrected chi connectivity index (χ0v) is 12.5. The van der Waals surface area contributed by atoms with E-state index in [1.54, 1.807) is 0 Å². The summed E-state index contributed by atoms with van der Waals surface area (Å²) in [7, 11) is 1.89. The molecule has 0 saturated heterocycles. The SMILES string of the molecule is CN(CC(=O)NC1CC1)c1cc(Br)nc(C2CC2)n1. The topological polar surface area (TPSA) is 58.1 Å². The number of rotatable bonds is 5. The molecule has 5 nitrogen and oxygen atoms in total. The quantitative estimate of drug-likeness (QED) is 0.839. The van der Waals surface area contributed by atoms with Crippen LogP contribution in [0.25, 0.3) is 0 Å². The van der Waals surface area contributed by atoms with Gasteiger partial charge in [0.25, 0.3) is 0 Å². The summed E-state index contributed by atoms with van der Waals surface area (Å²) in [4.78, 5) is 22.6. The smallest absolute Gasteiger partial charge is 0.239 e. The normalized spacial score (nSPS) is 18.2. The van der Waals surface area contributed by atoms with Crippen LogP contribution >= 0.6 is 15.9 Å². The molecule has 1 aromatic heterocycles. The Bertz CT molecular complexity index is 499. The van der Waals surface area contributed by atoms with Gasteiger partial charge in [0, 0.05) is 25.1 Å². The molecule has 1 heterocycles. The van der Waals surface area contributed by atoms with Crippen molar-refractivity contribution in [2.75, 3.05) is 18.5 Å². The first kappa shape index (κ1) is 12.8. The van der Waals surface area contributed by atoms with Crippen molar-refractivity contribution in [1.82, 2.24) is 15.3 Å². The molecule has 1 aromatic rings. The summed E-state index contributed by atoms with van der Waals surface area (Å²) in [5, 5.41) is 2.98. The fourth-order valence-corrected chi connectivity index (χ4v) is 2.33. The van der Waals surface area contributed by atoms with E-state index < -0.39 is 0 Å². The third-order valence-electron chi connectivity index (χ3n) is 3.36. The van der Waals surface area contributed by atoms with E-state index in [-0.39, 0.29) is 5.91 Å². The summed E-state index contributed by atoms with van der Waals surface area (Å²) in [5.41, 5.74) is 0. The number of hydrogen-bond acceptors (Lipinski definition) is 4. The highest BCUT2D eigenvalue weighted by Crippen LogP contribution is 2.39. The molecule has 19 heavy (non-hydrogen) atoms. The number of nitrogens with zero attached hydrogens (tertiary/aromatic N) is 3. The standard InChI is InChI=1S/C13H17BrN4O/c1-18(7-12(19)15-9-4-5-9)11-6-10(14)16-13(17-11)8-2-3-8/h6,8-9H,2-5,7H2,1H3,(H,15,19). The van der Waals surface area contributed by atoms with Crippen molar-refractivity contribution >= 4 is 27.7 Å². The molecule has 6 heteroatoms. The van der Waals surface area contributed by atoms with Gasteiger partial charge in [-0.15, -0.1) is 0 Å². The highest BCUT2D eigenvalue weighted by Gasteiger charge is 2.28. The van der Waals surface area contributed by atoms with Crippen molar-refractivity contribution < 1.29 is 4.79 Å². The second-order valence-electron chi connectivity index (χ2n) is 5.38. The third kappa shape index (κ3) is 3.43. The highest BCUT2D eigenvalue weighted by atomic mass is 79.9. The van der Waals surface area contributed by atoms with Crippen LogP contribution in [0.4, 0.5) is 5.82 Å². The molecule has 2 aliphatic rings. The average molecular weight is 325 g/mol. The molecule has 0 unspecified atom stereocenters. The monoisotopic (exact) mass is 324 g/mol. The lowest BCUT2D eigenvalue weighted by Gasteiger charge is -2.18. The van der Waals surface area contributed by atoms with Crippen LogP contribution in [0.2, 0.25) is 0 Å². The van der Waals surface area contributed by atoms with Crippen LogP contribution in [0.1, 0.15) is 37.4 Å². The minimum Gasteiger partial charge on any atom is -0.352 e. The Morgan fingerprint density at radius 1 is 1.42 bits per heavy atom. The Labute approximate surface area is 120 Å². The van der Waals surface area contributed by atoms with Gasteiger partial charge in [0.05, 0.1) is 6.54 Å². The van der Waals surface area contributed by atoms with Crippen LogP contribution in [-0.4, -0.2) is 35.5 Å². The van der Waals surface area contributed by atoms with Gasteiger partial charge in [0.1, 0.15) is 16.2 Å². The van der Waals surface area contributed by atoms with Crippen molar-refractivity contribution in [3.05, 3.63) is 16.5 Å². The predicted molar refractivity (Wildman–Crippen MR) is 76.1 cm³/mol. The van der Waals surface area contributed by atoms with E-state index >= 15 is 0 Å². The van der Waals surface area contributed by atoms with E-state index in [4.69, 9.17) is 0 Å². The number of carbonyl (C=O) groups excluding carboxylic acids is 1. The number of aromatic nitrogens is 2. The molecule has 2 saturated carbocycles. The lowest BCUT2D eigenvalue weighted by atomic mass is 10.4. The molecule has 2 aliphatic carbocycles. The van der Waals surface area contributed by atoms with Crippen molar-refractivity contribution in [3.63, 3.8) is 0 Å². The number of halogens is 1. The van der Waals surface area contributed by atoms with E-state index in [1.165, 1.54) is 12.8 Å². The molecule has 0 aliphatic heterocycles. The first-order chi connectivity index (χ1) is 9.11. The van der Waals surface area contributed by atoms with E-state index in [0.29, 0.717) is 18.5 Å². The van der Waals surface area contributed by atoms with E-state index in [0.717, 1.165) is 29.1 Å². The molecule has 0 aromatic carbocycles. The van der Waals surface area contributed by atoms with Gasteiger partial charge >= 0.3 is 0 Å². The number of anilines is 1. The lowest BCUT2D eigenvalue weighted by Crippen LogP contribution is -2.36. The van der Waals surface area contributed by atoms with Crippen LogP contribution in [0, 0.1) is 0 Å². The van der Waals surface area contributed by atoms with Crippen LogP contribution < -0.4 is 10.2 Å². The number of carbonyl (C=O) groups is 1. The number of amides is 1. The van der Waals surface area contributed by atoms with Crippen molar-refractivity contribution in [2.45, 2.75) is 37.6 Å². The van der Waals surface area contributed by atoms with E-state index in [1.807, 2.05) is 18.0 Å². The summed E-state index contributed by atoms with van der Waals surface area (Å²) < 4.78 is 0.786. The maximum Gasteiger partial charge on any atom is 0.239 e. The Kier molecular flexibility index (Phi) is 3.43. The van der Waals surface area contributed by atoms with Gasteiger partial charge < -0.3 is 10.2 Å². The summed E-state index contributed by atoms with van der Waals surface area (Å²) >= 11 is 3.42. The molecule has 1 N–H and O–H groups in total. The third-order valence-corrected chi connectivity index (χ3v) is 3.76. The van der Waals surface area contributed by atoms with E-state index in [2.05, 4.69) is 31.2 Å². The van der Waals surface area contributed by atoms with Crippen molar-refractivity contribution in [2.24, 2.45) is 0 Å². The van der Waals surface area contributed by atoms with Crippen LogP contribution in [0.15, 0.2) is 10.7 Å². The average Bonchev–Trinajstić information content (AvgIpc) is 3.22. The van der Waals surface area contributed by atoms with Crippen LogP contribution in [0.3, 0.4) is 0 Å². The van der Waals surface area contributed by atoms with Gasteiger partial charge in [0.15, 0.2) is 0 Å². The van der Waals surface area contributed by atoms with E-state index in [9.17, 15) is 4.79 Å². The summed E-state index contributed by atoms with van der Waals surface area (Å²) in [6, 6.07) is 2.26. The second-order valence-corrected chi connectivity index (χ2v) is 6.19. The first-order valence-corrected chi connectivity index (χ1v) is 7.46. The predicted octanol–water partition coefficient (Wildman–Crippen LogP) is 1.83. The number of nitrogens with one attached hydrogen (secondary N) is 1. The summed E-state index contributed by atoms with van der Waals surface area (Å²) in [6.45, 7) is 0.337. The molecule has 2 fully saturated rings. The second kappa shape index (κ2) is 5.07. The molecule has 0 bridgehead atoms. The maximum absolute atomic E-state index is 11.8. The molecule has 0 radical (unpaired) electrons. The van der Waals surface area contributed by atoms with Gasteiger partial charge in [-0.2, -0.15) is 0 Å². The van der Waals surface area contributed by atoms with Crippen molar-refractivity contribution in [3.8, 4) is 0 Å². The molecule has 3 rings (SSSR count). The maximum atomic E-state index is 11.8. The largest absolute Gasteiger partial charge is 0.352 e.